The van der Waals surface area contributed by atoms with Crippen molar-refractivity contribution in [3.8, 4) is 0 Å². The molecule has 0 aromatic carbocycles. The molecule has 0 aromatic rings. The zero-order valence-electron chi connectivity index (χ0n) is 28.9. The van der Waals surface area contributed by atoms with Crippen LogP contribution in [0.1, 0.15) is 107 Å². The molecule has 0 aliphatic heterocycles. The Bertz CT molecular complexity index is 669. The van der Waals surface area contributed by atoms with Gasteiger partial charge in [-0.1, -0.05) is 103 Å². The summed E-state index contributed by atoms with van der Waals surface area (Å²) >= 11 is 27.0. The van der Waals surface area contributed by atoms with Gasteiger partial charge in [0.05, 0.1) is 26.4 Å². The molecule has 0 aromatic heterocycles. The van der Waals surface area contributed by atoms with Crippen molar-refractivity contribution in [3.05, 3.63) is 0 Å². The monoisotopic (exact) mass is 998 g/mol. The van der Waals surface area contributed by atoms with E-state index >= 15 is 0 Å². The van der Waals surface area contributed by atoms with Crippen LogP contribution in [0.25, 0.3) is 0 Å². The van der Waals surface area contributed by atoms with Crippen molar-refractivity contribution in [2.24, 2.45) is 0 Å². The van der Waals surface area contributed by atoms with Gasteiger partial charge in [0.2, 0.25) is 0 Å². The van der Waals surface area contributed by atoms with Gasteiger partial charge in [0.1, 0.15) is 0 Å². The predicted molar refractivity (Wildman–Crippen MR) is 221 cm³/mol. The van der Waals surface area contributed by atoms with Crippen LogP contribution in [0.5, 0.6) is 0 Å². The third kappa shape index (κ3) is 59.9. The van der Waals surface area contributed by atoms with Gasteiger partial charge < -0.3 is 37.7 Å². The van der Waals surface area contributed by atoms with Crippen molar-refractivity contribution in [1.82, 2.24) is 0 Å². The Morgan fingerprint density at radius 3 is 0.660 bits per heavy atom. The second kappa shape index (κ2) is 44.8. The third-order valence-electron chi connectivity index (χ3n) is 3.63. The van der Waals surface area contributed by atoms with Crippen LogP contribution >= 0.6 is 68.3 Å². The predicted octanol–water partition coefficient (Wildman–Crippen LogP) is 8.23. The molecule has 0 fully saturated rings. The van der Waals surface area contributed by atoms with Crippen LogP contribution in [-0.4, -0.2) is 53.6 Å². The average Bonchev–Trinajstić information content (AvgIpc) is 3.03. The van der Waals surface area contributed by atoms with E-state index in [0.29, 0.717) is 26.4 Å². The Morgan fingerprint density at radius 1 is 0.404 bits per heavy atom. The van der Waals surface area contributed by atoms with E-state index < -0.39 is 22.8 Å². The van der Waals surface area contributed by atoms with Gasteiger partial charge in [-0.2, -0.15) is 4.21 Å². The molecule has 0 spiro atoms. The molecule has 0 bridgehead atoms. The van der Waals surface area contributed by atoms with E-state index in [1.54, 1.807) is 0 Å². The Morgan fingerprint density at radius 2 is 0.553 bits per heavy atom. The maximum atomic E-state index is 11.3. The van der Waals surface area contributed by atoms with Crippen LogP contribution in [0.15, 0.2) is 0 Å². The van der Waals surface area contributed by atoms with Gasteiger partial charge in [-0.05, 0) is 74.4 Å². The van der Waals surface area contributed by atoms with Crippen molar-refractivity contribution in [2.45, 2.75) is 107 Å². The minimum absolute atomic E-state index is 0. The molecule has 0 aliphatic rings. The second-order valence-corrected chi connectivity index (χ2v) is 33.1. The fourth-order valence-corrected chi connectivity index (χ4v) is 15.6. The molecule has 0 radical (unpaired) electrons. The van der Waals surface area contributed by atoms with Crippen molar-refractivity contribution < 1.29 is 62.9 Å². The fourth-order valence-electron chi connectivity index (χ4n) is 1.77. The van der Waals surface area contributed by atoms with Crippen LogP contribution in [-0.2, 0) is 98.9 Å². The zero-order chi connectivity index (χ0) is 37.0. The molecule has 0 saturated carbocycles. The largest absolute Gasteiger partial charge is 4.00 e. The van der Waals surface area contributed by atoms with Gasteiger partial charge in [-0.15, -0.1) is 45.5 Å². The molecule has 0 heterocycles. The van der Waals surface area contributed by atoms with E-state index in [0.717, 1.165) is 74.4 Å². The first-order chi connectivity index (χ1) is 21.5. The van der Waals surface area contributed by atoms with Crippen LogP contribution in [0.3, 0.4) is 0 Å². The number of hydrogen-bond acceptors (Lipinski definition) is 18. The summed E-state index contributed by atoms with van der Waals surface area (Å²) in [4.78, 5) is 45.1. The molecule has 286 valence electrons. The maximum absolute atomic E-state index is 11.3. The first-order valence-corrected chi connectivity index (χ1v) is 32.3. The molecule has 0 aliphatic carbocycles. The Kier molecular flexibility index (Phi) is 60.3. The zero-order valence-corrected chi connectivity index (χ0v) is 41.8. The minimum atomic E-state index is -2.73. The summed E-state index contributed by atoms with van der Waals surface area (Å²) in [6.07, 6.45) is 7.42. The molecule has 0 saturated heterocycles. The van der Waals surface area contributed by atoms with E-state index in [9.17, 15) is 19.6 Å². The normalized spacial score (nSPS) is 15.3. The van der Waals surface area contributed by atoms with E-state index in [1.807, 2.05) is 55.4 Å². The molecule has 47 heavy (non-hydrogen) atoms. The van der Waals surface area contributed by atoms with Gasteiger partial charge in [0.25, 0.3) is 0 Å². The summed E-state index contributed by atoms with van der Waals surface area (Å²) in [5.41, 5.74) is -10.9. The van der Waals surface area contributed by atoms with E-state index in [-0.39, 0.29) is 21.1 Å². The molecule has 9 nitrogen and oxygen atoms in total. The van der Waals surface area contributed by atoms with E-state index in [1.165, 1.54) is 45.5 Å². The van der Waals surface area contributed by atoms with Gasteiger partial charge in [0.15, 0.2) is 12.5 Å². The SMILES string of the molecule is CCCOP([O-])(=S)SCCC.CCCOP([O-])(=S)SCCC.CCCOP([O-])(=S)SCCC.CCCOP([O-])(=S)SCCC.O=S.[Mo+4]. The second-order valence-electron chi connectivity index (χ2n) is 8.45. The summed E-state index contributed by atoms with van der Waals surface area (Å²) in [5.74, 6) is 3.30. The smallest absolute Gasteiger partial charge is 0.793 e. The van der Waals surface area contributed by atoms with Gasteiger partial charge in [-0.3, -0.25) is 0 Å². The first kappa shape index (κ1) is 63.3. The van der Waals surface area contributed by atoms with Crippen molar-refractivity contribution in [2.75, 3.05) is 49.4 Å². The Balaban J connectivity index is -0.000000116. The molecule has 0 N–H and O–H groups in total. The molecule has 0 rings (SSSR count). The van der Waals surface area contributed by atoms with Crippen molar-refractivity contribution >= 4 is 128 Å². The molecular formula is C24H56MoO9P4S9. The average molecular weight is 997 g/mol. The topological polar surface area (TPSA) is 146 Å². The Labute approximate surface area is 343 Å². The van der Waals surface area contributed by atoms with Crippen LogP contribution < -0.4 is 19.6 Å². The standard InChI is InChI=1S/4C6H15O2PS2.Mo.OS/c4*1-3-5-8-9(7,10)11-6-4-2;;1-2/h4*3-6H2,1-2H3,(H,7,10);;/q;;;;+4;/p-4. The van der Waals surface area contributed by atoms with Gasteiger partial charge in [0, 0.05) is 22.8 Å². The summed E-state index contributed by atoms with van der Waals surface area (Å²) < 4.78 is 27.9. The van der Waals surface area contributed by atoms with Crippen LogP contribution in [0.2, 0.25) is 0 Å². The molecule has 0 amide bonds. The van der Waals surface area contributed by atoms with Crippen LogP contribution in [0, 0.1) is 0 Å². The van der Waals surface area contributed by atoms with Gasteiger partial charge in [-0.25, -0.2) is 0 Å². The van der Waals surface area contributed by atoms with E-state index in [2.05, 4.69) is 12.5 Å². The van der Waals surface area contributed by atoms with Gasteiger partial charge >= 0.3 is 21.1 Å². The van der Waals surface area contributed by atoms with Crippen molar-refractivity contribution in [3.63, 3.8) is 0 Å². The third-order valence-corrected chi connectivity index (χ3v) is 21.6. The Hall–Kier alpha value is 4.39. The maximum Gasteiger partial charge on any atom is 4.00 e. The quantitative estimate of drug-likeness (QED) is 0.0675. The van der Waals surface area contributed by atoms with E-state index in [4.69, 9.17) is 69.5 Å². The molecule has 4 atom stereocenters. The minimum Gasteiger partial charge on any atom is -0.793 e. The molecular weight excluding hydrogens is 941 g/mol. The summed E-state index contributed by atoms with van der Waals surface area (Å²) in [7, 11) is 0. The molecule has 4 unspecified atom stereocenters. The summed E-state index contributed by atoms with van der Waals surface area (Å²) in [6.45, 7) is 18.1. The molecule has 23 heteroatoms. The van der Waals surface area contributed by atoms with Crippen LogP contribution in [0.4, 0.5) is 0 Å². The first-order valence-electron chi connectivity index (χ1n) is 15.1. The number of hydrogen-bond donors (Lipinski definition) is 0. The summed E-state index contributed by atoms with van der Waals surface area (Å²) in [6, 6.07) is 0. The van der Waals surface area contributed by atoms with Crippen molar-refractivity contribution in [1.29, 1.82) is 0 Å². The summed E-state index contributed by atoms with van der Waals surface area (Å²) in [5, 5.41) is 0. The number of rotatable bonds is 24. The fraction of sp³-hybridized carbons (Fsp3) is 1.00.